The molecule has 0 unspecified atom stereocenters. The summed E-state index contributed by atoms with van der Waals surface area (Å²) < 4.78 is 0. The van der Waals surface area contributed by atoms with E-state index < -0.39 is 0 Å². The molecule has 2 rings (SSSR count). The van der Waals surface area contributed by atoms with Crippen LogP contribution in [-0.4, -0.2) is 11.1 Å². The van der Waals surface area contributed by atoms with Crippen LogP contribution in [0, 0.1) is 11.8 Å². The maximum Gasteiger partial charge on any atom is 0.163 e. The predicted molar refractivity (Wildman–Crippen MR) is 59.8 cm³/mol. The van der Waals surface area contributed by atoms with E-state index in [2.05, 4.69) is 27.8 Å². The molecule has 1 aliphatic carbocycles. The summed E-state index contributed by atoms with van der Waals surface area (Å²) in [7, 11) is 0. The first-order chi connectivity index (χ1) is 6.83. The van der Waals surface area contributed by atoms with Gasteiger partial charge in [0, 0.05) is 17.5 Å². The van der Waals surface area contributed by atoms with Gasteiger partial charge >= 0.3 is 0 Å². The topological polar surface area (TPSA) is 17.1 Å². The zero-order valence-electron chi connectivity index (χ0n) is 7.64. The highest BCUT2D eigenvalue weighted by molar-refractivity contribution is 9.09. The number of halogens is 1. The Morgan fingerprint density at radius 2 is 2.21 bits per heavy atom. The van der Waals surface area contributed by atoms with E-state index in [1.54, 1.807) is 0 Å². The second-order valence-corrected chi connectivity index (χ2v) is 3.75. The number of Topliss-reactive ketones (excluding diaryl/α,β-unsaturated/α-hetero) is 1. The van der Waals surface area contributed by atoms with Crippen LogP contribution in [0.2, 0.25) is 0 Å². The van der Waals surface area contributed by atoms with Crippen molar-refractivity contribution in [2.24, 2.45) is 0 Å². The van der Waals surface area contributed by atoms with E-state index in [4.69, 9.17) is 0 Å². The third kappa shape index (κ3) is 1.60. The van der Waals surface area contributed by atoms with E-state index in [1.165, 1.54) is 0 Å². The molecular formula is C12H9BrO. The molecule has 14 heavy (non-hydrogen) atoms. The number of alkyl halides is 1. The van der Waals surface area contributed by atoms with Gasteiger partial charge < -0.3 is 0 Å². The number of rotatable bonds is 0. The molecule has 0 radical (unpaired) electrons. The number of ketones is 1. The first kappa shape index (κ1) is 9.48. The maximum absolute atomic E-state index is 11.4. The third-order valence-electron chi connectivity index (χ3n) is 2.37. The first-order valence-electron chi connectivity index (χ1n) is 4.53. The molecule has 0 N–H and O–H groups in total. The molecule has 0 bridgehead atoms. The molecule has 2 heteroatoms. The molecule has 0 heterocycles. The van der Waals surface area contributed by atoms with Crippen molar-refractivity contribution in [3.63, 3.8) is 0 Å². The van der Waals surface area contributed by atoms with Crippen LogP contribution < -0.4 is 0 Å². The van der Waals surface area contributed by atoms with Gasteiger partial charge in [0.1, 0.15) is 0 Å². The zero-order valence-corrected chi connectivity index (χ0v) is 9.23. The second kappa shape index (κ2) is 3.98. The Bertz CT molecular complexity index is 437. The minimum absolute atomic E-state index is 0.252. The van der Waals surface area contributed by atoms with Crippen molar-refractivity contribution >= 4 is 21.7 Å². The van der Waals surface area contributed by atoms with Gasteiger partial charge in [-0.1, -0.05) is 39.9 Å². The summed E-state index contributed by atoms with van der Waals surface area (Å²) in [6.07, 6.45) is 1.49. The van der Waals surface area contributed by atoms with E-state index in [0.29, 0.717) is 11.8 Å². The fraction of sp³-hybridized carbons (Fsp3) is 0.250. The molecule has 0 saturated carbocycles. The third-order valence-corrected chi connectivity index (χ3v) is 2.65. The Hall–Kier alpha value is -1.07. The Morgan fingerprint density at radius 3 is 3.00 bits per heavy atom. The van der Waals surface area contributed by atoms with Crippen LogP contribution in [0.15, 0.2) is 18.2 Å². The number of hydrogen-bond acceptors (Lipinski definition) is 1. The quantitative estimate of drug-likeness (QED) is 0.510. The minimum atomic E-state index is 0.252. The van der Waals surface area contributed by atoms with Crippen LogP contribution in [0.4, 0.5) is 0 Å². The number of fused-ring (bicyclic) bond motifs is 1. The molecule has 1 aromatic rings. The molecule has 0 atom stereocenters. The van der Waals surface area contributed by atoms with Gasteiger partial charge in [-0.15, -0.1) is 0 Å². The number of carbonyl (C=O) groups excluding carboxylic acids is 1. The Balaban J connectivity index is 2.49. The summed E-state index contributed by atoms with van der Waals surface area (Å²) >= 11 is 3.26. The monoisotopic (exact) mass is 248 g/mol. The van der Waals surface area contributed by atoms with Crippen molar-refractivity contribution in [3.05, 3.63) is 34.9 Å². The Morgan fingerprint density at radius 1 is 1.36 bits per heavy atom. The van der Waals surface area contributed by atoms with Gasteiger partial charge in [-0.05, 0) is 18.1 Å². The average molecular weight is 249 g/mol. The summed E-state index contributed by atoms with van der Waals surface area (Å²) in [4.78, 5) is 11.4. The summed E-state index contributed by atoms with van der Waals surface area (Å²) in [5, 5.41) is 0.671. The molecule has 0 aromatic heterocycles. The lowest BCUT2D eigenvalue weighted by atomic mass is 10.0. The molecule has 1 nitrogen and oxygen atoms in total. The standard InChI is InChI=1S/C12H9BrO/c13-8-2-4-9-3-1-5-11-10(9)6-7-12(11)14/h1,3,5H,6-8H2. The van der Waals surface area contributed by atoms with Gasteiger partial charge in [0.15, 0.2) is 5.78 Å². The molecule has 0 saturated heterocycles. The van der Waals surface area contributed by atoms with Crippen LogP contribution in [0.25, 0.3) is 0 Å². The van der Waals surface area contributed by atoms with E-state index >= 15 is 0 Å². The van der Waals surface area contributed by atoms with E-state index in [-0.39, 0.29) is 5.78 Å². The summed E-state index contributed by atoms with van der Waals surface area (Å²) in [5.41, 5.74) is 3.00. The normalized spacial score (nSPS) is 13.4. The second-order valence-electron chi connectivity index (χ2n) is 3.19. The summed E-state index contributed by atoms with van der Waals surface area (Å²) in [5.74, 6) is 6.28. The van der Waals surface area contributed by atoms with Crippen LogP contribution in [-0.2, 0) is 6.42 Å². The lowest BCUT2D eigenvalue weighted by molar-refractivity contribution is 0.0994. The van der Waals surface area contributed by atoms with Crippen LogP contribution in [0.5, 0.6) is 0 Å². The van der Waals surface area contributed by atoms with Gasteiger partial charge in [-0.2, -0.15) is 0 Å². The van der Waals surface area contributed by atoms with Gasteiger partial charge in [0.05, 0.1) is 5.33 Å². The van der Waals surface area contributed by atoms with Gasteiger partial charge in [-0.3, -0.25) is 4.79 Å². The van der Waals surface area contributed by atoms with Crippen LogP contribution in [0.3, 0.4) is 0 Å². The highest BCUT2D eigenvalue weighted by atomic mass is 79.9. The molecular weight excluding hydrogens is 240 g/mol. The van der Waals surface area contributed by atoms with Gasteiger partial charge in [0.25, 0.3) is 0 Å². The van der Waals surface area contributed by atoms with E-state index in [1.807, 2.05) is 18.2 Å². The van der Waals surface area contributed by atoms with Crippen LogP contribution in [0.1, 0.15) is 27.9 Å². The lowest BCUT2D eigenvalue weighted by Crippen LogP contribution is -1.92. The predicted octanol–water partition coefficient (Wildman–Crippen LogP) is 2.56. The molecule has 1 aliphatic rings. The molecule has 70 valence electrons. The molecule has 0 fully saturated rings. The highest BCUT2D eigenvalue weighted by Crippen LogP contribution is 2.24. The van der Waals surface area contributed by atoms with Crippen LogP contribution >= 0.6 is 15.9 Å². The fourth-order valence-electron chi connectivity index (χ4n) is 1.74. The largest absolute Gasteiger partial charge is 0.294 e. The number of benzene rings is 1. The van der Waals surface area contributed by atoms with Crippen molar-refractivity contribution in [1.82, 2.24) is 0 Å². The van der Waals surface area contributed by atoms with Gasteiger partial charge in [-0.25, -0.2) is 0 Å². The molecule has 1 aromatic carbocycles. The smallest absolute Gasteiger partial charge is 0.163 e. The SMILES string of the molecule is O=C1CCc2c(C#CCBr)cccc21. The zero-order chi connectivity index (χ0) is 9.97. The Kier molecular flexibility index (Phi) is 2.69. The summed E-state index contributed by atoms with van der Waals surface area (Å²) in [6, 6.07) is 5.78. The molecule has 0 spiro atoms. The minimum Gasteiger partial charge on any atom is -0.294 e. The lowest BCUT2D eigenvalue weighted by Gasteiger charge is -1.99. The first-order valence-corrected chi connectivity index (χ1v) is 5.65. The van der Waals surface area contributed by atoms with Crippen molar-refractivity contribution in [2.45, 2.75) is 12.8 Å². The maximum atomic E-state index is 11.4. The average Bonchev–Trinajstić information content (AvgIpc) is 2.58. The van der Waals surface area contributed by atoms with Crippen molar-refractivity contribution in [1.29, 1.82) is 0 Å². The molecule has 0 amide bonds. The van der Waals surface area contributed by atoms with Crippen molar-refractivity contribution in [2.75, 3.05) is 5.33 Å². The van der Waals surface area contributed by atoms with Crippen molar-refractivity contribution < 1.29 is 4.79 Å². The number of carbonyl (C=O) groups is 1. The number of hydrogen-bond donors (Lipinski definition) is 0. The van der Waals surface area contributed by atoms with E-state index in [0.717, 1.165) is 23.1 Å². The Labute approximate surface area is 91.6 Å². The van der Waals surface area contributed by atoms with Crippen molar-refractivity contribution in [3.8, 4) is 11.8 Å². The molecule has 0 aliphatic heterocycles. The van der Waals surface area contributed by atoms with E-state index in [9.17, 15) is 4.79 Å². The fourth-order valence-corrected chi connectivity index (χ4v) is 1.88. The van der Waals surface area contributed by atoms with Gasteiger partial charge in [0.2, 0.25) is 0 Å². The summed E-state index contributed by atoms with van der Waals surface area (Å²) in [6.45, 7) is 0. The highest BCUT2D eigenvalue weighted by Gasteiger charge is 2.20.